The van der Waals surface area contributed by atoms with Crippen LogP contribution in [-0.2, 0) is 9.84 Å². The topological polar surface area (TPSA) is 81.8 Å². The molecule has 0 saturated heterocycles. The number of nitrogens with zero attached hydrogens (tertiary/aromatic N) is 1. The summed E-state index contributed by atoms with van der Waals surface area (Å²) < 4.78 is 28.6. The molecule has 0 fully saturated rings. The molecule has 0 unspecified atom stereocenters. The molecule has 0 aliphatic heterocycles. The van der Waals surface area contributed by atoms with Gasteiger partial charge in [-0.3, -0.25) is 0 Å². The number of benzene rings is 1. The van der Waals surface area contributed by atoms with Gasteiger partial charge in [0.15, 0.2) is 9.84 Å². The van der Waals surface area contributed by atoms with E-state index in [4.69, 9.17) is 22.1 Å². The molecular formula is C11H15ClN2O3S. The summed E-state index contributed by atoms with van der Waals surface area (Å²) in [5.41, 5.74) is 5.89. The predicted molar refractivity (Wildman–Crippen MR) is 72.7 cm³/mol. The van der Waals surface area contributed by atoms with Gasteiger partial charge in [-0.1, -0.05) is 6.92 Å². The molecule has 0 amide bonds. The van der Waals surface area contributed by atoms with Crippen LogP contribution in [0.4, 0.5) is 5.69 Å². The molecular weight excluding hydrogens is 276 g/mol. The van der Waals surface area contributed by atoms with E-state index in [2.05, 4.69) is 4.99 Å². The molecule has 0 aromatic heterocycles. The minimum Gasteiger partial charge on any atom is -0.494 e. The van der Waals surface area contributed by atoms with E-state index in [9.17, 15) is 8.42 Å². The van der Waals surface area contributed by atoms with Gasteiger partial charge in [0.05, 0.1) is 23.6 Å². The highest BCUT2D eigenvalue weighted by Gasteiger charge is 2.14. The van der Waals surface area contributed by atoms with E-state index in [0.717, 1.165) is 0 Å². The fraction of sp³-hybridized carbons (Fsp3) is 0.364. The molecule has 1 aromatic carbocycles. The normalized spacial score (nSPS) is 12.5. The molecule has 2 N–H and O–H groups in total. The summed E-state index contributed by atoms with van der Waals surface area (Å²) >= 11 is 5.54. The summed E-state index contributed by atoms with van der Waals surface area (Å²) in [6.07, 6.45) is 0. The molecule has 0 saturated carbocycles. The number of hydrogen-bond acceptors (Lipinski definition) is 4. The van der Waals surface area contributed by atoms with Crippen molar-refractivity contribution in [3.63, 3.8) is 0 Å². The maximum atomic E-state index is 11.8. The molecule has 7 heteroatoms. The molecule has 0 spiro atoms. The van der Waals surface area contributed by atoms with Gasteiger partial charge in [0.1, 0.15) is 17.3 Å². The molecule has 18 heavy (non-hydrogen) atoms. The van der Waals surface area contributed by atoms with Crippen LogP contribution in [0.3, 0.4) is 0 Å². The number of methoxy groups -OCH3 is 1. The van der Waals surface area contributed by atoms with Crippen molar-refractivity contribution in [3.05, 3.63) is 18.2 Å². The van der Waals surface area contributed by atoms with E-state index in [0.29, 0.717) is 11.4 Å². The predicted octanol–water partition coefficient (Wildman–Crippen LogP) is 1.72. The highest BCUT2D eigenvalue weighted by molar-refractivity contribution is 7.91. The molecule has 1 rings (SSSR count). The van der Waals surface area contributed by atoms with Crippen molar-refractivity contribution in [1.29, 1.82) is 0 Å². The van der Waals surface area contributed by atoms with Gasteiger partial charge in [-0.15, -0.1) is 11.6 Å². The van der Waals surface area contributed by atoms with Crippen molar-refractivity contribution >= 4 is 33.0 Å². The zero-order valence-electron chi connectivity index (χ0n) is 10.2. The third-order valence-electron chi connectivity index (χ3n) is 2.29. The molecule has 0 heterocycles. The van der Waals surface area contributed by atoms with Crippen LogP contribution in [0.25, 0.3) is 0 Å². The van der Waals surface area contributed by atoms with Crippen molar-refractivity contribution in [2.75, 3.05) is 18.7 Å². The van der Waals surface area contributed by atoms with Gasteiger partial charge in [0.25, 0.3) is 0 Å². The van der Waals surface area contributed by atoms with Crippen molar-refractivity contribution in [2.45, 2.75) is 11.8 Å². The lowest BCUT2D eigenvalue weighted by Crippen LogP contribution is -2.12. The summed E-state index contributed by atoms with van der Waals surface area (Å²) in [6.45, 7) is 1.58. The summed E-state index contributed by atoms with van der Waals surface area (Å²) in [7, 11) is -1.82. The van der Waals surface area contributed by atoms with Crippen LogP contribution in [0.15, 0.2) is 28.1 Å². The molecule has 0 aliphatic carbocycles. The first-order valence-corrected chi connectivity index (χ1v) is 7.43. The van der Waals surface area contributed by atoms with Gasteiger partial charge in [-0.2, -0.15) is 0 Å². The first-order chi connectivity index (χ1) is 8.44. The van der Waals surface area contributed by atoms with Gasteiger partial charge >= 0.3 is 0 Å². The van der Waals surface area contributed by atoms with Crippen LogP contribution < -0.4 is 10.5 Å². The fourth-order valence-electron chi connectivity index (χ4n) is 1.30. The number of nitrogens with two attached hydrogens (primary N) is 1. The summed E-state index contributed by atoms with van der Waals surface area (Å²) in [5.74, 6) is 0.723. The number of alkyl halides is 1. The quantitative estimate of drug-likeness (QED) is 0.508. The zero-order chi connectivity index (χ0) is 13.8. The maximum absolute atomic E-state index is 11.8. The number of ether oxygens (including phenoxy) is 1. The zero-order valence-corrected chi connectivity index (χ0v) is 11.8. The maximum Gasteiger partial charge on any atom is 0.178 e. The summed E-state index contributed by atoms with van der Waals surface area (Å²) in [6, 6.07) is 4.45. The molecule has 0 radical (unpaired) electrons. The summed E-state index contributed by atoms with van der Waals surface area (Å²) in [4.78, 5) is 4.22. The lowest BCUT2D eigenvalue weighted by atomic mass is 10.3. The number of sulfone groups is 1. The van der Waals surface area contributed by atoms with Crippen LogP contribution in [-0.4, -0.2) is 33.0 Å². The van der Waals surface area contributed by atoms with Gasteiger partial charge < -0.3 is 10.5 Å². The highest BCUT2D eigenvalue weighted by atomic mass is 35.5. The van der Waals surface area contributed by atoms with E-state index < -0.39 is 9.84 Å². The Morgan fingerprint density at radius 1 is 1.50 bits per heavy atom. The Morgan fingerprint density at radius 2 is 2.17 bits per heavy atom. The standard InChI is InChI=1S/C11H15ClN2O3S/c1-3-18(15,16)8-4-5-10(17-2)9(6-8)14-11(13)7-12/h4-6H,3,7H2,1-2H3,(H2,13,14). The van der Waals surface area contributed by atoms with E-state index in [1.807, 2.05) is 0 Å². The number of rotatable bonds is 5. The van der Waals surface area contributed by atoms with Crippen molar-refractivity contribution in [3.8, 4) is 5.75 Å². The van der Waals surface area contributed by atoms with Gasteiger partial charge in [0, 0.05) is 0 Å². The Balaban J connectivity index is 3.35. The number of halogens is 1. The minimum absolute atomic E-state index is 0.0213. The molecule has 0 aliphatic rings. The summed E-state index contributed by atoms with van der Waals surface area (Å²) in [5, 5.41) is 0. The highest BCUT2D eigenvalue weighted by Crippen LogP contribution is 2.30. The van der Waals surface area contributed by atoms with Crippen molar-refractivity contribution in [2.24, 2.45) is 10.7 Å². The Hall–Kier alpha value is -1.27. The van der Waals surface area contributed by atoms with Gasteiger partial charge in [0.2, 0.25) is 0 Å². The SMILES string of the molecule is CCS(=O)(=O)c1ccc(OC)c(N=C(N)CCl)c1. The third kappa shape index (κ3) is 3.36. The van der Waals surface area contributed by atoms with E-state index >= 15 is 0 Å². The second-order valence-corrected chi connectivity index (χ2v) is 6.02. The van der Waals surface area contributed by atoms with Gasteiger partial charge in [-0.05, 0) is 18.2 Å². The number of hydrogen-bond donors (Lipinski definition) is 1. The second kappa shape index (κ2) is 6.06. The smallest absolute Gasteiger partial charge is 0.178 e. The Kier molecular flexibility index (Phi) is 4.98. The van der Waals surface area contributed by atoms with Crippen LogP contribution >= 0.6 is 11.6 Å². The third-order valence-corrected chi connectivity index (χ3v) is 4.30. The molecule has 5 nitrogen and oxygen atoms in total. The largest absolute Gasteiger partial charge is 0.494 e. The average Bonchev–Trinajstić information content (AvgIpc) is 2.38. The van der Waals surface area contributed by atoms with Crippen LogP contribution in [0, 0.1) is 0 Å². The lowest BCUT2D eigenvalue weighted by Gasteiger charge is -2.08. The molecule has 0 atom stereocenters. The monoisotopic (exact) mass is 290 g/mol. The van der Waals surface area contributed by atoms with Crippen LogP contribution in [0.2, 0.25) is 0 Å². The van der Waals surface area contributed by atoms with Gasteiger partial charge in [-0.25, -0.2) is 13.4 Å². The number of amidine groups is 1. The Morgan fingerprint density at radius 3 is 2.67 bits per heavy atom. The fourth-order valence-corrected chi connectivity index (χ4v) is 2.26. The number of aliphatic imine (C=N–C) groups is 1. The molecule has 1 aromatic rings. The lowest BCUT2D eigenvalue weighted by molar-refractivity contribution is 0.416. The Labute approximate surface area is 112 Å². The van der Waals surface area contributed by atoms with E-state index in [1.165, 1.54) is 19.2 Å². The minimum atomic E-state index is -3.29. The first-order valence-electron chi connectivity index (χ1n) is 5.24. The van der Waals surface area contributed by atoms with E-state index in [1.54, 1.807) is 13.0 Å². The van der Waals surface area contributed by atoms with Crippen LogP contribution in [0.5, 0.6) is 5.75 Å². The average molecular weight is 291 g/mol. The second-order valence-electron chi connectivity index (χ2n) is 3.47. The van der Waals surface area contributed by atoms with E-state index in [-0.39, 0.29) is 22.4 Å². The van der Waals surface area contributed by atoms with Crippen molar-refractivity contribution in [1.82, 2.24) is 0 Å². The van der Waals surface area contributed by atoms with Crippen LogP contribution in [0.1, 0.15) is 6.92 Å². The first kappa shape index (κ1) is 14.8. The molecule has 100 valence electrons. The van der Waals surface area contributed by atoms with Crippen molar-refractivity contribution < 1.29 is 13.2 Å². The Bertz CT molecular complexity index is 555. The molecule has 0 bridgehead atoms.